The maximum Gasteiger partial charge on any atom is 0.335 e. The summed E-state index contributed by atoms with van der Waals surface area (Å²) in [6.07, 6.45) is 2.25. The van der Waals surface area contributed by atoms with Gasteiger partial charge in [-0.1, -0.05) is 23.7 Å². The first-order valence-electron chi connectivity index (χ1n) is 5.02. The van der Waals surface area contributed by atoms with Crippen LogP contribution >= 0.6 is 11.6 Å². The molecule has 1 rings (SSSR count). The number of halogens is 1. The van der Waals surface area contributed by atoms with Crippen LogP contribution in [-0.2, 0) is 9.59 Å². The molecule has 0 atom stereocenters. The molecule has 0 unspecified atom stereocenters. The molecule has 0 amide bonds. The molecule has 0 fully saturated rings. The van der Waals surface area contributed by atoms with Gasteiger partial charge in [0.15, 0.2) is 0 Å². The van der Waals surface area contributed by atoms with Gasteiger partial charge in [0.25, 0.3) is 0 Å². The maximum atomic E-state index is 11.1. The molecular formula is C13H11ClO4. The van der Waals surface area contributed by atoms with Crippen LogP contribution in [0.3, 0.4) is 0 Å². The van der Waals surface area contributed by atoms with E-state index in [0.717, 1.165) is 6.08 Å². The summed E-state index contributed by atoms with van der Waals surface area (Å²) in [5, 5.41) is 18.2. The normalized spacial score (nSPS) is 12.3. The lowest BCUT2D eigenvalue weighted by molar-refractivity contribution is -0.132. The van der Waals surface area contributed by atoms with Gasteiger partial charge in [0.05, 0.1) is 5.57 Å². The first-order chi connectivity index (χ1) is 8.40. The largest absolute Gasteiger partial charge is 0.478 e. The van der Waals surface area contributed by atoms with Gasteiger partial charge in [0, 0.05) is 11.1 Å². The van der Waals surface area contributed by atoms with Crippen LogP contribution in [0.4, 0.5) is 0 Å². The molecule has 0 radical (unpaired) electrons. The molecule has 0 aliphatic heterocycles. The predicted molar refractivity (Wildman–Crippen MR) is 68.5 cm³/mol. The molecule has 1 aromatic carbocycles. The third-order valence-corrected chi connectivity index (χ3v) is 2.43. The van der Waals surface area contributed by atoms with Crippen LogP contribution in [0.1, 0.15) is 12.5 Å². The minimum atomic E-state index is -1.18. The number of rotatable bonds is 4. The molecule has 0 bridgehead atoms. The highest BCUT2D eigenvalue weighted by Crippen LogP contribution is 2.17. The third-order valence-electron chi connectivity index (χ3n) is 2.18. The van der Waals surface area contributed by atoms with Crippen molar-refractivity contribution in [2.24, 2.45) is 0 Å². The molecule has 94 valence electrons. The minimum Gasteiger partial charge on any atom is -0.478 e. The quantitative estimate of drug-likeness (QED) is 0.649. The second-order valence-electron chi connectivity index (χ2n) is 3.58. The van der Waals surface area contributed by atoms with Crippen molar-refractivity contribution in [3.8, 4) is 0 Å². The first kappa shape index (κ1) is 14.0. The second kappa shape index (κ2) is 6.02. The minimum absolute atomic E-state index is 0.0697. The Morgan fingerprint density at radius 2 is 1.72 bits per heavy atom. The summed E-state index contributed by atoms with van der Waals surface area (Å²) in [6, 6.07) is 6.56. The Balaban J connectivity index is 3.17. The summed E-state index contributed by atoms with van der Waals surface area (Å²) in [7, 11) is 0. The molecule has 0 saturated heterocycles. The van der Waals surface area contributed by atoms with Crippen molar-refractivity contribution in [1.29, 1.82) is 0 Å². The van der Waals surface area contributed by atoms with Gasteiger partial charge in [-0.2, -0.15) is 0 Å². The van der Waals surface area contributed by atoms with Crippen LogP contribution in [0.25, 0.3) is 6.08 Å². The van der Waals surface area contributed by atoms with Gasteiger partial charge in [-0.25, -0.2) is 9.59 Å². The van der Waals surface area contributed by atoms with Gasteiger partial charge >= 0.3 is 11.9 Å². The fourth-order valence-electron chi connectivity index (χ4n) is 1.33. The Morgan fingerprint density at radius 1 is 1.17 bits per heavy atom. The zero-order valence-corrected chi connectivity index (χ0v) is 10.3. The van der Waals surface area contributed by atoms with E-state index in [2.05, 4.69) is 0 Å². The standard InChI is InChI=1S/C13H11ClO4/c1-8(6-12(15)16)11(13(17)18)7-9-2-4-10(14)5-3-9/h2-7H,1H3,(H,15,16)(H,17,18). The van der Waals surface area contributed by atoms with Gasteiger partial charge in [-0.3, -0.25) is 0 Å². The zero-order chi connectivity index (χ0) is 13.7. The number of carboxylic acids is 2. The fraction of sp³-hybridized carbons (Fsp3) is 0.0769. The van der Waals surface area contributed by atoms with Crippen LogP contribution in [0, 0.1) is 0 Å². The molecule has 1 aromatic rings. The van der Waals surface area contributed by atoms with E-state index in [4.69, 9.17) is 21.8 Å². The van der Waals surface area contributed by atoms with Crippen molar-refractivity contribution in [1.82, 2.24) is 0 Å². The molecular weight excluding hydrogens is 256 g/mol. The highest BCUT2D eigenvalue weighted by Gasteiger charge is 2.10. The van der Waals surface area contributed by atoms with E-state index in [1.54, 1.807) is 24.3 Å². The molecule has 0 aliphatic carbocycles. The summed E-state index contributed by atoms with van der Waals surface area (Å²) in [4.78, 5) is 21.6. The SMILES string of the molecule is CC(=CC(=O)O)C(=Cc1ccc(Cl)cc1)C(=O)O. The van der Waals surface area contributed by atoms with Crippen molar-refractivity contribution < 1.29 is 19.8 Å². The van der Waals surface area contributed by atoms with Crippen molar-refractivity contribution in [2.45, 2.75) is 6.92 Å². The van der Waals surface area contributed by atoms with Crippen molar-refractivity contribution in [3.63, 3.8) is 0 Å². The lowest BCUT2D eigenvalue weighted by Gasteiger charge is -2.02. The van der Waals surface area contributed by atoms with Crippen molar-refractivity contribution >= 4 is 29.6 Å². The van der Waals surface area contributed by atoms with E-state index in [9.17, 15) is 9.59 Å². The highest BCUT2D eigenvalue weighted by atomic mass is 35.5. The molecule has 0 aliphatic rings. The average Bonchev–Trinajstić information content (AvgIpc) is 2.26. The van der Waals surface area contributed by atoms with Gasteiger partial charge < -0.3 is 10.2 Å². The summed E-state index contributed by atoms with van der Waals surface area (Å²) < 4.78 is 0. The lowest BCUT2D eigenvalue weighted by Crippen LogP contribution is -2.03. The summed E-state index contributed by atoms with van der Waals surface area (Å²) in [6.45, 7) is 1.43. The van der Waals surface area contributed by atoms with E-state index in [0.29, 0.717) is 10.6 Å². The number of aliphatic carboxylic acids is 2. The molecule has 5 heteroatoms. The Kier molecular flexibility index (Phi) is 4.68. The van der Waals surface area contributed by atoms with Gasteiger partial charge in [-0.15, -0.1) is 0 Å². The molecule has 4 nitrogen and oxygen atoms in total. The summed E-state index contributed by atoms with van der Waals surface area (Å²) in [5.41, 5.74) is 0.736. The Bertz CT molecular complexity index is 526. The van der Waals surface area contributed by atoms with Crippen LogP contribution in [0.5, 0.6) is 0 Å². The summed E-state index contributed by atoms with van der Waals surface area (Å²) in [5.74, 6) is -2.37. The van der Waals surface area contributed by atoms with Gasteiger partial charge in [0.2, 0.25) is 0 Å². The highest BCUT2D eigenvalue weighted by molar-refractivity contribution is 6.30. The second-order valence-corrected chi connectivity index (χ2v) is 4.02. The van der Waals surface area contributed by atoms with Crippen LogP contribution < -0.4 is 0 Å². The first-order valence-corrected chi connectivity index (χ1v) is 5.40. The van der Waals surface area contributed by atoms with Crippen LogP contribution in [0.15, 0.2) is 41.5 Å². The Labute approximate surface area is 109 Å². The van der Waals surface area contributed by atoms with Crippen LogP contribution in [-0.4, -0.2) is 22.2 Å². The predicted octanol–water partition coefficient (Wildman–Crippen LogP) is 2.84. The molecule has 18 heavy (non-hydrogen) atoms. The lowest BCUT2D eigenvalue weighted by atomic mass is 10.0. The monoisotopic (exact) mass is 266 g/mol. The smallest absolute Gasteiger partial charge is 0.335 e. The molecule has 0 aromatic heterocycles. The molecule has 0 heterocycles. The van der Waals surface area contributed by atoms with Crippen molar-refractivity contribution in [3.05, 3.63) is 52.1 Å². The molecule has 2 N–H and O–H groups in total. The van der Waals surface area contributed by atoms with Gasteiger partial charge in [0.1, 0.15) is 0 Å². The van der Waals surface area contributed by atoms with E-state index in [1.165, 1.54) is 13.0 Å². The van der Waals surface area contributed by atoms with Crippen molar-refractivity contribution in [2.75, 3.05) is 0 Å². The van der Waals surface area contributed by atoms with E-state index in [1.807, 2.05) is 0 Å². The third kappa shape index (κ3) is 4.07. The average molecular weight is 267 g/mol. The fourth-order valence-corrected chi connectivity index (χ4v) is 1.46. The number of hydrogen-bond donors (Lipinski definition) is 2. The number of benzene rings is 1. The number of hydrogen-bond acceptors (Lipinski definition) is 2. The number of carboxylic acid groups (broad SMARTS) is 2. The number of carbonyl (C=O) groups is 2. The van der Waals surface area contributed by atoms with E-state index < -0.39 is 11.9 Å². The Hall–Kier alpha value is -2.07. The topological polar surface area (TPSA) is 74.6 Å². The van der Waals surface area contributed by atoms with E-state index >= 15 is 0 Å². The molecule has 0 saturated carbocycles. The zero-order valence-electron chi connectivity index (χ0n) is 9.55. The van der Waals surface area contributed by atoms with Gasteiger partial charge in [-0.05, 0) is 36.3 Å². The molecule has 0 spiro atoms. The summed E-state index contributed by atoms with van der Waals surface area (Å²) >= 11 is 5.72. The Morgan fingerprint density at radius 3 is 2.17 bits per heavy atom. The van der Waals surface area contributed by atoms with E-state index in [-0.39, 0.29) is 11.1 Å². The van der Waals surface area contributed by atoms with Crippen LogP contribution in [0.2, 0.25) is 5.02 Å². The maximum absolute atomic E-state index is 11.1.